The maximum Gasteiger partial charge on any atom is 0.319 e. The van der Waals surface area contributed by atoms with Crippen LogP contribution in [0.1, 0.15) is 33.6 Å². The Labute approximate surface area is 167 Å². The van der Waals surface area contributed by atoms with Gasteiger partial charge in [-0.05, 0) is 55.3 Å². The van der Waals surface area contributed by atoms with Crippen LogP contribution >= 0.6 is 0 Å². The zero-order chi connectivity index (χ0) is 20.8. The molecule has 0 aliphatic heterocycles. The van der Waals surface area contributed by atoms with E-state index < -0.39 is 11.8 Å². The van der Waals surface area contributed by atoms with Crippen LogP contribution in [0.5, 0.6) is 11.5 Å². The Balaban J connectivity index is 1.53. The molecule has 2 aromatic carbocycles. The number of carbonyl (C=O) groups excluding carboxylic acids is 3. The van der Waals surface area contributed by atoms with Gasteiger partial charge in [0, 0.05) is 22.9 Å². The molecule has 1 saturated carbocycles. The fourth-order valence-corrected chi connectivity index (χ4v) is 2.52. The number of amides is 4. The molecule has 0 bridgehead atoms. The number of hydrazine groups is 1. The molecule has 0 spiro atoms. The number of benzene rings is 2. The fourth-order valence-electron chi connectivity index (χ4n) is 2.52. The van der Waals surface area contributed by atoms with E-state index in [0.29, 0.717) is 28.3 Å². The van der Waals surface area contributed by atoms with Gasteiger partial charge in [0.1, 0.15) is 0 Å². The molecular weight excluding hydrogens is 376 g/mol. The first-order valence-corrected chi connectivity index (χ1v) is 9.00. The van der Waals surface area contributed by atoms with Crippen LogP contribution in [-0.4, -0.2) is 38.1 Å². The van der Waals surface area contributed by atoms with Crippen LogP contribution in [0.2, 0.25) is 0 Å². The van der Waals surface area contributed by atoms with Crippen molar-refractivity contribution >= 4 is 23.5 Å². The summed E-state index contributed by atoms with van der Waals surface area (Å²) >= 11 is 0. The van der Waals surface area contributed by atoms with E-state index in [2.05, 4.69) is 21.5 Å². The molecule has 4 amide bonds. The van der Waals surface area contributed by atoms with E-state index in [1.165, 1.54) is 20.3 Å². The first-order chi connectivity index (χ1) is 14.0. The van der Waals surface area contributed by atoms with Crippen molar-refractivity contribution in [1.82, 2.24) is 16.2 Å². The van der Waals surface area contributed by atoms with E-state index in [-0.39, 0.29) is 12.1 Å². The Morgan fingerprint density at radius 2 is 1.41 bits per heavy atom. The summed E-state index contributed by atoms with van der Waals surface area (Å²) in [6.45, 7) is 0. The normalized spacial score (nSPS) is 12.5. The maximum atomic E-state index is 12.2. The van der Waals surface area contributed by atoms with E-state index in [4.69, 9.17) is 9.47 Å². The summed E-state index contributed by atoms with van der Waals surface area (Å²) < 4.78 is 10.3. The average molecular weight is 398 g/mol. The van der Waals surface area contributed by atoms with Gasteiger partial charge in [0.2, 0.25) is 0 Å². The Hall–Kier alpha value is -3.75. The van der Waals surface area contributed by atoms with Gasteiger partial charge in [-0.25, -0.2) is 4.79 Å². The maximum absolute atomic E-state index is 12.2. The van der Waals surface area contributed by atoms with Gasteiger partial charge in [-0.2, -0.15) is 0 Å². The van der Waals surface area contributed by atoms with E-state index >= 15 is 0 Å². The molecule has 9 heteroatoms. The van der Waals surface area contributed by atoms with Gasteiger partial charge in [-0.3, -0.25) is 20.4 Å². The van der Waals surface area contributed by atoms with Crippen LogP contribution in [0.25, 0.3) is 0 Å². The molecule has 0 radical (unpaired) electrons. The number of hydrogen-bond donors (Lipinski definition) is 4. The highest BCUT2D eigenvalue weighted by Gasteiger charge is 2.23. The predicted octanol–water partition coefficient (Wildman–Crippen LogP) is 2.06. The highest BCUT2D eigenvalue weighted by molar-refractivity contribution is 5.99. The zero-order valence-electron chi connectivity index (χ0n) is 16.1. The standard InChI is InChI=1S/C20H22N4O5/c1-28-16-10-5-13(11-17(16)29-2)19(26)24-23-18(25)12-3-6-14(7-4-12)21-20(27)22-15-8-9-15/h3-7,10-11,15H,8-9H2,1-2H3,(H,23,25)(H,24,26)(H2,21,22,27). The van der Waals surface area contributed by atoms with Crippen LogP contribution in [-0.2, 0) is 0 Å². The minimum atomic E-state index is -0.505. The lowest BCUT2D eigenvalue weighted by atomic mass is 10.2. The molecular formula is C20H22N4O5. The lowest BCUT2D eigenvalue weighted by Crippen LogP contribution is -2.41. The molecule has 29 heavy (non-hydrogen) atoms. The number of urea groups is 1. The summed E-state index contributed by atoms with van der Waals surface area (Å²) in [6.07, 6.45) is 2.00. The Kier molecular flexibility index (Phi) is 6.18. The largest absolute Gasteiger partial charge is 0.493 e. The summed E-state index contributed by atoms with van der Waals surface area (Å²) in [6, 6.07) is 11.0. The second kappa shape index (κ2) is 8.96. The van der Waals surface area contributed by atoms with Gasteiger partial charge in [-0.15, -0.1) is 0 Å². The Morgan fingerprint density at radius 1 is 0.828 bits per heavy atom. The molecule has 4 N–H and O–H groups in total. The molecule has 3 rings (SSSR count). The second-order valence-corrected chi connectivity index (χ2v) is 6.43. The van der Waals surface area contributed by atoms with E-state index in [0.717, 1.165) is 12.8 Å². The third kappa shape index (κ3) is 5.38. The smallest absolute Gasteiger partial charge is 0.319 e. The lowest BCUT2D eigenvalue weighted by Gasteiger charge is -2.11. The Morgan fingerprint density at radius 3 is 2.00 bits per heavy atom. The monoisotopic (exact) mass is 398 g/mol. The van der Waals surface area contributed by atoms with Crippen molar-refractivity contribution in [2.75, 3.05) is 19.5 Å². The third-order valence-corrected chi connectivity index (χ3v) is 4.25. The van der Waals surface area contributed by atoms with Crippen molar-refractivity contribution in [3.05, 3.63) is 53.6 Å². The van der Waals surface area contributed by atoms with E-state index in [9.17, 15) is 14.4 Å². The quantitative estimate of drug-likeness (QED) is 0.556. The molecule has 0 heterocycles. The number of ether oxygens (including phenoxy) is 2. The molecule has 9 nitrogen and oxygen atoms in total. The number of rotatable bonds is 6. The van der Waals surface area contributed by atoms with Gasteiger partial charge in [0.25, 0.3) is 11.8 Å². The predicted molar refractivity (Wildman–Crippen MR) is 106 cm³/mol. The van der Waals surface area contributed by atoms with Crippen LogP contribution in [0.3, 0.4) is 0 Å². The topological polar surface area (TPSA) is 118 Å². The highest BCUT2D eigenvalue weighted by Crippen LogP contribution is 2.27. The molecule has 1 fully saturated rings. The molecule has 1 aliphatic rings. The van der Waals surface area contributed by atoms with Gasteiger partial charge in [0.05, 0.1) is 14.2 Å². The van der Waals surface area contributed by atoms with Crippen LogP contribution < -0.4 is 31.0 Å². The van der Waals surface area contributed by atoms with Crippen molar-refractivity contribution < 1.29 is 23.9 Å². The number of hydrogen-bond acceptors (Lipinski definition) is 5. The zero-order valence-corrected chi connectivity index (χ0v) is 16.1. The SMILES string of the molecule is COc1ccc(C(=O)NNC(=O)c2ccc(NC(=O)NC3CC3)cc2)cc1OC. The summed E-state index contributed by atoms with van der Waals surface area (Å²) in [5.41, 5.74) is 5.88. The molecule has 1 aliphatic carbocycles. The van der Waals surface area contributed by atoms with Crippen molar-refractivity contribution in [3.63, 3.8) is 0 Å². The third-order valence-electron chi connectivity index (χ3n) is 4.25. The number of nitrogens with one attached hydrogen (secondary N) is 4. The van der Waals surface area contributed by atoms with Crippen molar-refractivity contribution in [2.45, 2.75) is 18.9 Å². The van der Waals surface area contributed by atoms with E-state index in [1.807, 2.05) is 0 Å². The molecule has 0 unspecified atom stereocenters. The molecule has 2 aromatic rings. The minimum absolute atomic E-state index is 0.259. The van der Waals surface area contributed by atoms with Gasteiger partial charge in [-0.1, -0.05) is 0 Å². The summed E-state index contributed by atoms with van der Waals surface area (Å²) in [5, 5.41) is 5.51. The summed E-state index contributed by atoms with van der Waals surface area (Å²) in [5.74, 6) is -0.102. The summed E-state index contributed by atoms with van der Waals surface area (Å²) in [7, 11) is 2.97. The molecule has 0 saturated heterocycles. The number of anilines is 1. The first-order valence-electron chi connectivity index (χ1n) is 9.00. The van der Waals surface area contributed by atoms with Crippen LogP contribution in [0.15, 0.2) is 42.5 Å². The van der Waals surface area contributed by atoms with Crippen LogP contribution in [0, 0.1) is 0 Å². The second-order valence-electron chi connectivity index (χ2n) is 6.43. The van der Waals surface area contributed by atoms with Gasteiger partial charge >= 0.3 is 6.03 Å². The molecule has 0 atom stereocenters. The first kappa shape index (κ1) is 20.0. The highest BCUT2D eigenvalue weighted by atomic mass is 16.5. The van der Waals surface area contributed by atoms with Crippen molar-refractivity contribution in [3.8, 4) is 11.5 Å². The Bertz CT molecular complexity index is 910. The van der Waals surface area contributed by atoms with Crippen molar-refractivity contribution in [2.24, 2.45) is 0 Å². The van der Waals surface area contributed by atoms with E-state index in [1.54, 1.807) is 36.4 Å². The molecule has 152 valence electrons. The van der Waals surface area contributed by atoms with Gasteiger partial charge < -0.3 is 20.1 Å². The summed E-state index contributed by atoms with van der Waals surface area (Å²) in [4.78, 5) is 36.2. The number of carbonyl (C=O) groups is 3. The number of methoxy groups -OCH3 is 2. The fraction of sp³-hybridized carbons (Fsp3) is 0.250. The van der Waals surface area contributed by atoms with Crippen LogP contribution in [0.4, 0.5) is 10.5 Å². The average Bonchev–Trinajstić information content (AvgIpc) is 3.55. The minimum Gasteiger partial charge on any atom is -0.493 e. The molecule has 0 aromatic heterocycles. The lowest BCUT2D eigenvalue weighted by molar-refractivity contribution is 0.0846. The van der Waals surface area contributed by atoms with Gasteiger partial charge in [0.15, 0.2) is 11.5 Å². The van der Waals surface area contributed by atoms with Crippen molar-refractivity contribution in [1.29, 1.82) is 0 Å².